The van der Waals surface area contributed by atoms with Gasteiger partial charge in [-0.05, 0) is 30.5 Å². The molecule has 26 heavy (non-hydrogen) atoms. The lowest BCUT2D eigenvalue weighted by Crippen LogP contribution is -2.16. The predicted molar refractivity (Wildman–Crippen MR) is 95.6 cm³/mol. The van der Waals surface area contributed by atoms with Crippen LogP contribution in [0.2, 0.25) is 0 Å². The second-order valence-corrected chi connectivity index (χ2v) is 6.32. The topological polar surface area (TPSA) is 88.4 Å². The molecule has 1 aromatic rings. The molecule has 1 aromatic carbocycles. The highest BCUT2D eigenvalue weighted by atomic mass is 16.5. The fourth-order valence-corrected chi connectivity index (χ4v) is 3.85. The Bertz CT molecular complexity index is 762. The highest BCUT2D eigenvalue weighted by molar-refractivity contribution is 5.60. The number of phenols is 1. The Morgan fingerprint density at radius 3 is 2.58 bits per heavy atom. The van der Waals surface area contributed by atoms with Crippen LogP contribution in [0.3, 0.4) is 0 Å². The summed E-state index contributed by atoms with van der Waals surface area (Å²) in [5, 5.41) is 29.4. The number of hydrogen-bond acceptors (Lipinski definition) is 6. The minimum Gasteiger partial charge on any atom is -0.504 e. The molecule has 3 rings (SSSR count). The minimum absolute atomic E-state index is 0.0633. The number of ether oxygens (including phenoxy) is 3. The van der Waals surface area contributed by atoms with Crippen molar-refractivity contribution in [1.82, 2.24) is 0 Å². The summed E-state index contributed by atoms with van der Waals surface area (Å²) in [6, 6.07) is 5.22. The summed E-state index contributed by atoms with van der Waals surface area (Å²) in [7, 11) is 3.09. The van der Waals surface area contributed by atoms with Gasteiger partial charge in [-0.25, -0.2) is 0 Å². The number of fused-ring (bicyclic) bond motifs is 1. The Morgan fingerprint density at radius 2 is 1.92 bits per heavy atom. The first-order valence-corrected chi connectivity index (χ1v) is 8.58. The van der Waals surface area contributed by atoms with Gasteiger partial charge in [-0.2, -0.15) is 0 Å². The van der Waals surface area contributed by atoms with Crippen LogP contribution in [0, 0.1) is 5.92 Å². The summed E-state index contributed by atoms with van der Waals surface area (Å²) in [4.78, 5) is 0. The quantitative estimate of drug-likeness (QED) is 0.693. The van der Waals surface area contributed by atoms with Gasteiger partial charge in [0, 0.05) is 29.6 Å². The minimum atomic E-state index is -0.202. The van der Waals surface area contributed by atoms with E-state index in [1.54, 1.807) is 31.8 Å². The second-order valence-electron chi connectivity index (χ2n) is 6.32. The number of rotatable bonds is 7. The Kier molecular flexibility index (Phi) is 5.54. The van der Waals surface area contributed by atoms with Crippen molar-refractivity contribution in [1.29, 1.82) is 0 Å². The molecule has 0 saturated heterocycles. The first-order chi connectivity index (χ1) is 12.7. The van der Waals surface area contributed by atoms with Crippen molar-refractivity contribution in [2.75, 3.05) is 27.4 Å². The van der Waals surface area contributed by atoms with Gasteiger partial charge in [0.25, 0.3) is 0 Å². The van der Waals surface area contributed by atoms with Crippen molar-refractivity contribution in [2.45, 2.75) is 18.8 Å². The molecule has 0 spiro atoms. The number of benzene rings is 1. The molecule has 0 bridgehead atoms. The maximum Gasteiger partial charge on any atom is 0.161 e. The Labute approximate surface area is 152 Å². The van der Waals surface area contributed by atoms with E-state index in [-0.39, 0.29) is 30.8 Å². The van der Waals surface area contributed by atoms with Gasteiger partial charge in [0.05, 0.1) is 27.1 Å². The normalized spacial score (nSPS) is 21.7. The lowest BCUT2D eigenvalue weighted by Gasteiger charge is -2.23. The summed E-state index contributed by atoms with van der Waals surface area (Å²) >= 11 is 0. The number of aromatic hydroxyl groups is 1. The third-order valence-electron chi connectivity index (χ3n) is 4.99. The molecular formula is C20H24O6. The highest BCUT2D eigenvalue weighted by Gasteiger charge is 2.42. The smallest absolute Gasteiger partial charge is 0.161 e. The molecule has 2 atom stereocenters. The van der Waals surface area contributed by atoms with E-state index in [0.717, 1.165) is 22.3 Å². The van der Waals surface area contributed by atoms with E-state index in [4.69, 9.17) is 14.2 Å². The first kappa shape index (κ1) is 18.4. The third-order valence-corrected chi connectivity index (χ3v) is 4.99. The summed E-state index contributed by atoms with van der Waals surface area (Å²) in [5.41, 5.74) is 3.82. The van der Waals surface area contributed by atoms with Gasteiger partial charge in [0.2, 0.25) is 0 Å². The van der Waals surface area contributed by atoms with Gasteiger partial charge in [-0.3, -0.25) is 0 Å². The molecule has 2 unspecified atom stereocenters. The van der Waals surface area contributed by atoms with Crippen LogP contribution >= 0.6 is 0 Å². The van der Waals surface area contributed by atoms with E-state index in [9.17, 15) is 15.3 Å². The van der Waals surface area contributed by atoms with Crippen LogP contribution in [-0.2, 0) is 9.47 Å². The number of phenolic OH excluding ortho intramolecular Hbond substituents is 1. The van der Waals surface area contributed by atoms with Crippen molar-refractivity contribution >= 4 is 0 Å². The van der Waals surface area contributed by atoms with Crippen LogP contribution in [0.15, 0.2) is 53.2 Å². The zero-order chi connectivity index (χ0) is 18.7. The van der Waals surface area contributed by atoms with Crippen molar-refractivity contribution in [3.8, 4) is 11.5 Å². The molecular weight excluding hydrogens is 336 g/mol. The maximum atomic E-state index is 10.1. The maximum absolute atomic E-state index is 10.1. The third kappa shape index (κ3) is 3.06. The number of aliphatic hydroxyl groups is 2. The van der Waals surface area contributed by atoms with Crippen molar-refractivity contribution in [3.63, 3.8) is 0 Å². The van der Waals surface area contributed by atoms with Crippen LogP contribution in [0.25, 0.3) is 0 Å². The van der Waals surface area contributed by atoms with Gasteiger partial charge >= 0.3 is 0 Å². The molecule has 0 saturated carbocycles. The van der Waals surface area contributed by atoms with E-state index in [0.29, 0.717) is 24.4 Å². The molecule has 1 aliphatic heterocycles. The van der Waals surface area contributed by atoms with Crippen LogP contribution in [-0.4, -0.2) is 42.8 Å². The lowest BCUT2D eigenvalue weighted by atomic mass is 9.82. The molecule has 0 aromatic heterocycles. The Balaban J connectivity index is 2.14. The van der Waals surface area contributed by atoms with E-state index < -0.39 is 0 Å². The molecule has 6 nitrogen and oxygen atoms in total. The molecule has 0 fully saturated rings. The summed E-state index contributed by atoms with van der Waals surface area (Å²) in [5.74, 6) is 0.738. The van der Waals surface area contributed by atoms with Gasteiger partial charge < -0.3 is 29.5 Å². The summed E-state index contributed by atoms with van der Waals surface area (Å²) < 4.78 is 16.1. The molecule has 6 heteroatoms. The van der Waals surface area contributed by atoms with Gasteiger partial charge in [0.15, 0.2) is 17.3 Å². The summed E-state index contributed by atoms with van der Waals surface area (Å²) in [6.45, 7) is 0.0138. The first-order valence-electron chi connectivity index (χ1n) is 8.58. The van der Waals surface area contributed by atoms with Crippen molar-refractivity contribution in [3.05, 3.63) is 58.8 Å². The number of methoxy groups -OCH3 is 2. The highest BCUT2D eigenvalue weighted by Crippen LogP contribution is 2.52. The SMILES string of the molecule is COC1=COC=C2C1=C(CCCO)C(c1ccc(O)c(OC)c1)C2CO. The molecule has 1 heterocycles. The zero-order valence-electron chi connectivity index (χ0n) is 14.9. The van der Waals surface area contributed by atoms with Crippen LogP contribution in [0.5, 0.6) is 11.5 Å². The Morgan fingerprint density at radius 1 is 1.12 bits per heavy atom. The van der Waals surface area contributed by atoms with Gasteiger partial charge in [-0.1, -0.05) is 11.6 Å². The molecule has 0 radical (unpaired) electrons. The molecule has 1 aliphatic carbocycles. The van der Waals surface area contributed by atoms with E-state index in [2.05, 4.69) is 0 Å². The average Bonchev–Trinajstić information content (AvgIpc) is 3.00. The zero-order valence-corrected chi connectivity index (χ0v) is 14.9. The largest absolute Gasteiger partial charge is 0.504 e. The predicted octanol–water partition coefficient (Wildman–Crippen LogP) is 2.58. The molecule has 140 valence electrons. The van der Waals surface area contributed by atoms with E-state index in [1.165, 1.54) is 7.11 Å². The molecule has 2 aliphatic rings. The van der Waals surface area contributed by atoms with E-state index in [1.807, 2.05) is 6.07 Å². The van der Waals surface area contributed by atoms with Crippen LogP contribution in [0.4, 0.5) is 0 Å². The van der Waals surface area contributed by atoms with Gasteiger partial charge in [0.1, 0.15) is 6.26 Å². The average molecular weight is 360 g/mol. The molecule has 0 amide bonds. The van der Waals surface area contributed by atoms with Gasteiger partial charge in [-0.15, -0.1) is 0 Å². The van der Waals surface area contributed by atoms with Crippen molar-refractivity contribution in [2.24, 2.45) is 5.92 Å². The van der Waals surface area contributed by atoms with Crippen LogP contribution in [0.1, 0.15) is 24.3 Å². The van der Waals surface area contributed by atoms with E-state index >= 15 is 0 Å². The number of allylic oxidation sites excluding steroid dienone is 2. The van der Waals surface area contributed by atoms with Crippen LogP contribution < -0.4 is 4.74 Å². The fraction of sp³-hybridized carbons (Fsp3) is 0.400. The second kappa shape index (κ2) is 7.85. The standard InChI is InChI=1S/C20H24O6/c1-24-17-8-12(5-6-16(17)23)19-13(4-3-7-21)20-15(14(19)9-22)10-26-11-18(20)25-2/h5-6,8,10-11,14,19,21-23H,3-4,7,9H2,1-2H3. The van der Waals surface area contributed by atoms with Crippen molar-refractivity contribution < 1.29 is 29.5 Å². The Hall–Kier alpha value is -2.44. The lowest BCUT2D eigenvalue weighted by molar-refractivity contribution is 0.229. The number of hydrogen-bond donors (Lipinski definition) is 3. The fourth-order valence-electron chi connectivity index (χ4n) is 3.85. The number of aliphatic hydroxyl groups excluding tert-OH is 2. The molecule has 3 N–H and O–H groups in total. The summed E-state index contributed by atoms with van der Waals surface area (Å²) in [6.07, 6.45) is 4.46. The monoisotopic (exact) mass is 360 g/mol.